The normalized spacial score (nSPS) is 10.2. The monoisotopic (exact) mass is 273 g/mol. The summed E-state index contributed by atoms with van der Waals surface area (Å²) in [7, 11) is 0. The molecule has 1 aromatic heterocycles. The third-order valence-electron chi connectivity index (χ3n) is 2.49. The summed E-state index contributed by atoms with van der Waals surface area (Å²) in [5.41, 5.74) is 7.22. The highest BCUT2D eigenvalue weighted by Crippen LogP contribution is 2.32. The quantitative estimate of drug-likeness (QED) is 0.840. The van der Waals surface area contributed by atoms with Gasteiger partial charge in [0, 0.05) is 40.0 Å². The average Bonchev–Trinajstić information content (AvgIpc) is 2.42. The van der Waals surface area contributed by atoms with Crippen molar-refractivity contribution in [2.75, 3.05) is 12.3 Å². The summed E-state index contributed by atoms with van der Waals surface area (Å²) in [5.74, 6) is -0.0842. The molecule has 0 fully saturated rings. The highest BCUT2D eigenvalue weighted by atomic mass is 32.2. The molecule has 0 aliphatic rings. The molecule has 5 heteroatoms. The molecule has 3 N–H and O–H groups in total. The van der Waals surface area contributed by atoms with E-state index in [0.29, 0.717) is 17.8 Å². The lowest BCUT2D eigenvalue weighted by molar-refractivity contribution is 0.0955. The lowest BCUT2D eigenvalue weighted by Gasteiger charge is -2.08. The van der Waals surface area contributed by atoms with Crippen molar-refractivity contribution in [2.45, 2.75) is 16.7 Å². The molecule has 1 aromatic carbocycles. The minimum Gasteiger partial charge on any atom is -0.398 e. The van der Waals surface area contributed by atoms with Gasteiger partial charge in [0.1, 0.15) is 0 Å². The molecular formula is C14H15N3OS. The largest absolute Gasteiger partial charge is 0.398 e. The van der Waals surface area contributed by atoms with Crippen LogP contribution >= 0.6 is 11.8 Å². The highest BCUT2D eigenvalue weighted by molar-refractivity contribution is 7.99. The Balaban J connectivity index is 2.25. The number of nitrogens with zero attached hydrogens (tertiary/aromatic N) is 1. The van der Waals surface area contributed by atoms with Crippen LogP contribution in [0.4, 0.5) is 5.69 Å². The zero-order chi connectivity index (χ0) is 13.7. The van der Waals surface area contributed by atoms with Crippen LogP contribution in [0, 0.1) is 0 Å². The number of benzene rings is 1. The molecule has 0 aliphatic carbocycles. The van der Waals surface area contributed by atoms with E-state index < -0.39 is 0 Å². The van der Waals surface area contributed by atoms with Crippen molar-refractivity contribution in [3.05, 3.63) is 48.3 Å². The highest BCUT2D eigenvalue weighted by Gasteiger charge is 2.08. The number of aromatic nitrogens is 1. The van der Waals surface area contributed by atoms with Crippen LogP contribution in [0.15, 0.2) is 52.5 Å². The predicted octanol–water partition coefficient (Wildman–Crippen LogP) is 2.56. The van der Waals surface area contributed by atoms with E-state index in [1.54, 1.807) is 24.5 Å². The number of pyridine rings is 1. The number of nitrogens with one attached hydrogen (secondary N) is 1. The van der Waals surface area contributed by atoms with E-state index in [9.17, 15) is 4.79 Å². The van der Waals surface area contributed by atoms with E-state index in [0.717, 1.165) is 9.79 Å². The second-order valence-corrected chi connectivity index (χ2v) is 5.01. The van der Waals surface area contributed by atoms with Gasteiger partial charge < -0.3 is 11.1 Å². The van der Waals surface area contributed by atoms with Crippen molar-refractivity contribution in [1.29, 1.82) is 0 Å². The maximum Gasteiger partial charge on any atom is 0.251 e. The van der Waals surface area contributed by atoms with E-state index in [2.05, 4.69) is 10.3 Å². The second-order valence-electron chi connectivity index (χ2n) is 3.90. The van der Waals surface area contributed by atoms with Gasteiger partial charge in [-0.25, -0.2) is 0 Å². The van der Waals surface area contributed by atoms with Crippen LogP contribution in [0.25, 0.3) is 0 Å². The maximum absolute atomic E-state index is 11.8. The van der Waals surface area contributed by atoms with Gasteiger partial charge in [-0.05, 0) is 37.3 Å². The van der Waals surface area contributed by atoms with Gasteiger partial charge in [-0.2, -0.15) is 0 Å². The van der Waals surface area contributed by atoms with Gasteiger partial charge in [0.25, 0.3) is 5.91 Å². The molecule has 0 bridgehead atoms. The van der Waals surface area contributed by atoms with Crippen LogP contribution in [-0.2, 0) is 0 Å². The topological polar surface area (TPSA) is 68.0 Å². The minimum atomic E-state index is -0.0842. The predicted molar refractivity (Wildman–Crippen MR) is 77.2 cm³/mol. The molecule has 1 amide bonds. The van der Waals surface area contributed by atoms with Crippen LogP contribution < -0.4 is 11.1 Å². The number of anilines is 1. The summed E-state index contributed by atoms with van der Waals surface area (Å²) in [6, 6.07) is 9.11. The maximum atomic E-state index is 11.8. The number of rotatable bonds is 4. The average molecular weight is 273 g/mol. The Hall–Kier alpha value is -2.01. The van der Waals surface area contributed by atoms with E-state index in [4.69, 9.17) is 5.73 Å². The van der Waals surface area contributed by atoms with Gasteiger partial charge in [-0.3, -0.25) is 9.78 Å². The Morgan fingerprint density at radius 3 is 2.74 bits per heavy atom. The number of hydrogen-bond donors (Lipinski definition) is 2. The lowest BCUT2D eigenvalue weighted by atomic mass is 10.2. The Labute approximate surface area is 116 Å². The molecule has 0 radical (unpaired) electrons. The number of nitrogens with two attached hydrogens (primary N) is 1. The third kappa shape index (κ3) is 3.48. The molecule has 0 saturated carbocycles. The first kappa shape index (κ1) is 13.4. The summed E-state index contributed by atoms with van der Waals surface area (Å²) in [5, 5.41) is 2.77. The molecule has 2 aromatic rings. The van der Waals surface area contributed by atoms with Crippen molar-refractivity contribution in [3.63, 3.8) is 0 Å². The number of amides is 1. The van der Waals surface area contributed by atoms with Crippen molar-refractivity contribution >= 4 is 23.4 Å². The Morgan fingerprint density at radius 1 is 1.32 bits per heavy atom. The van der Waals surface area contributed by atoms with Crippen LogP contribution in [0.5, 0.6) is 0 Å². The smallest absolute Gasteiger partial charge is 0.251 e. The van der Waals surface area contributed by atoms with Crippen LogP contribution in [-0.4, -0.2) is 17.4 Å². The van der Waals surface area contributed by atoms with Gasteiger partial charge >= 0.3 is 0 Å². The molecule has 0 unspecified atom stereocenters. The Morgan fingerprint density at radius 2 is 2.05 bits per heavy atom. The summed E-state index contributed by atoms with van der Waals surface area (Å²) in [6.45, 7) is 2.50. The lowest BCUT2D eigenvalue weighted by Crippen LogP contribution is -2.22. The summed E-state index contributed by atoms with van der Waals surface area (Å²) in [6.07, 6.45) is 3.46. The third-order valence-corrected chi connectivity index (χ3v) is 3.57. The fourth-order valence-corrected chi connectivity index (χ4v) is 2.44. The number of hydrogen-bond acceptors (Lipinski definition) is 4. The summed E-state index contributed by atoms with van der Waals surface area (Å²) in [4.78, 5) is 17.7. The first-order valence-corrected chi connectivity index (χ1v) is 6.78. The van der Waals surface area contributed by atoms with E-state index in [1.807, 2.05) is 25.1 Å². The summed E-state index contributed by atoms with van der Waals surface area (Å²) >= 11 is 1.52. The SMILES string of the molecule is CCNC(=O)c1ccc(N)c(Sc2ccncc2)c1. The van der Waals surface area contributed by atoms with Gasteiger partial charge in [-0.15, -0.1) is 0 Å². The fraction of sp³-hybridized carbons (Fsp3) is 0.143. The van der Waals surface area contributed by atoms with Gasteiger partial charge in [0.15, 0.2) is 0 Å². The minimum absolute atomic E-state index is 0.0842. The number of carbonyl (C=O) groups is 1. The van der Waals surface area contributed by atoms with E-state index in [1.165, 1.54) is 11.8 Å². The number of nitrogen functional groups attached to an aromatic ring is 1. The standard InChI is InChI=1S/C14H15N3OS/c1-2-17-14(18)10-3-4-12(15)13(9-10)19-11-5-7-16-8-6-11/h3-9H,2,15H2,1H3,(H,17,18). The first-order chi connectivity index (χ1) is 9.20. The summed E-state index contributed by atoms with van der Waals surface area (Å²) < 4.78 is 0. The molecule has 4 nitrogen and oxygen atoms in total. The molecule has 1 heterocycles. The molecule has 0 atom stereocenters. The van der Waals surface area contributed by atoms with Gasteiger partial charge in [0.05, 0.1) is 0 Å². The molecule has 98 valence electrons. The van der Waals surface area contributed by atoms with E-state index in [-0.39, 0.29) is 5.91 Å². The first-order valence-electron chi connectivity index (χ1n) is 5.96. The van der Waals surface area contributed by atoms with Crippen molar-refractivity contribution in [1.82, 2.24) is 10.3 Å². The Bertz CT molecular complexity index is 572. The van der Waals surface area contributed by atoms with Crippen LogP contribution in [0.1, 0.15) is 17.3 Å². The van der Waals surface area contributed by atoms with Gasteiger partial charge in [0.2, 0.25) is 0 Å². The van der Waals surface area contributed by atoms with Crippen molar-refractivity contribution in [2.24, 2.45) is 0 Å². The van der Waals surface area contributed by atoms with Crippen LogP contribution in [0.3, 0.4) is 0 Å². The zero-order valence-corrected chi connectivity index (χ0v) is 11.4. The molecular weight excluding hydrogens is 258 g/mol. The molecule has 2 rings (SSSR count). The molecule has 19 heavy (non-hydrogen) atoms. The molecule has 0 saturated heterocycles. The Kier molecular flexibility index (Phi) is 4.41. The molecule has 0 aliphatic heterocycles. The second kappa shape index (κ2) is 6.24. The van der Waals surface area contributed by atoms with Crippen molar-refractivity contribution in [3.8, 4) is 0 Å². The van der Waals surface area contributed by atoms with Crippen molar-refractivity contribution < 1.29 is 4.79 Å². The van der Waals surface area contributed by atoms with Crippen LogP contribution in [0.2, 0.25) is 0 Å². The van der Waals surface area contributed by atoms with Gasteiger partial charge in [-0.1, -0.05) is 11.8 Å². The molecule has 0 spiro atoms. The zero-order valence-electron chi connectivity index (χ0n) is 10.6. The number of carbonyl (C=O) groups excluding carboxylic acids is 1. The van der Waals surface area contributed by atoms with E-state index >= 15 is 0 Å². The fourth-order valence-electron chi connectivity index (χ4n) is 1.56.